The number of esters is 1. The van der Waals surface area contributed by atoms with E-state index in [2.05, 4.69) is 4.74 Å². The molecule has 1 aliphatic rings. The second kappa shape index (κ2) is 4.21. The number of Topliss-reactive ketones (excluding diaryl/α,β-unsaturated/α-hetero) is 1. The lowest BCUT2D eigenvalue weighted by Gasteiger charge is -2.07. The topological polar surface area (TPSA) is 43.4 Å². The molecule has 72 valence electrons. The first-order valence-electron chi connectivity index (χ1n) is 4.44. The number of carbonyl (C=O) groups is 2. The monoisotopic (exact) mass is 182 g/mol. The number of rotatable bonds is 2. The molecule has 0 heterocycles. The Morgan fingerprint density at radius 1 is 1.62 bits per heavy atom. The summed E-state index contributed by atoms with van der Waals surface area (Å²) in [5, 5.41) is 0. The van der Waals surface area contributed by atoms with Crippen molar-refractivity contribution in [2.75, 3.05) is 7.11 Å². The van der Waals surface area contributed by atoms with E-state index in [0.29, 0.717) is 12.2 Å². The molecule has 0 N–H and O–H groups in total. The van der Waals surface area contributed by atoms with Crippen LogP contribution in [0, 0.1) is 11.8 Å². The molecule has 1 rings (SSSR count). The minimum atomic E-state index is -0.355. The third kappa shape index (κ3) is 2.41. The summed E-state index contributed by atoms with van der Waals surface area (Å²) in [5.41, 5.74) is 0. The van der Waals surface area contributed by atoms with Crippen molar-refractivity contribution in [3.63, 3.8) is 0 Å². The highest BCUT2D eigenvalue weighted by Crippen LogP contribution is 2.29. The molecular weight excluding hydrogens is 168 g/mol. The van der Waals surface area contributed by atoms with Gasteiger partial charge in [-0.2, -0.15) is 0 Å². The van der Waals surface area contributed by atoms with Crippen LogP contribution < -0.4 is 0 Å². The van der Waals surface area contributed by atoms with Crippen molar-refractivity contribution >= 4 is 11.8 Å². The Morgan fingerprint density at radius 3 is 2.77 bits per heavy atom. The first-order valence-corrected chi connectivity index (χ1v) is 4.44. The molecule has 0 radical (unpaired) electrons. The standard InChI is InChI=1S/C10H14O3/c1-7-8(3-5-9(7)11)4-6-10(12)13-2/h4,6-8H,3,5H2,1-2H3/b6-4-/t7-,8-/m1/s1. The summed E-state index contributed by atoms with van der Waals surface area (Å²) in [6.45, 7) is 1.90. The van der Waals surface area contributed by atoms with Crippen molar-refractivity contribution in [1.82, 2.24) is 0 Å². The average molecular weight is 182 g/mol. The molecule has 0 aromatic rings. The fourth-order valence-corrected chi connectivity index (χ4v) is 1.56. The number of methoxy groups -OCH3 is 1. The summed E-state index contributed by atoms with van der Waals surface area (Å²) in [5.74, 6) is 0.207. The first kappa shape index (κ1) is 9.96. The number of hydrogen-bond donors (Lipinski definition) is 0. The number of carbonyl (C=O) groups excluding carboxylic acids is 2. The van der Waals surface area contributed by atoms with Gasteiger partial charge in [0.15, 0.2) is 0 Å². The highest BCUT2D eigenvalue weighted by Gasteiger charge is 2.28. The molecule has 0 aliphatic heterocycles. The fraction of sp³-hybridized carbons (Fsp3) is 0.600. The molecular formula is C10H14O3. The van der Waals surface area contributed by atoms with Crippen molar-refractivity contribution in [2.45, 2.75) is 19.8 Å². The molecule has 0 spiro atoms. The molecule has 0 unspecified atom stereocenters. The Labute approximate surface area is 77.8 Å². The van der Waals surface area contributed by atoms with Crippen molar-refractivity contribution in [1.29, 1.82) is 0 Å². The molecule has 2 atom stereocenters. The van der Waals surface area contributed by atoms with Crippen molar-refractivity contribution in [2.24, 2.45) is 11.8 Å². The van der Waals surface area contributed by atoms with E-state index in [0.717, 1.165) is 6.42 Å². The fourth-order valence-electron chi connectivity index (χ4n) is 1.56. The first-order chi connectivity index (χ1) is 6.15. The molecule has 1 aliphatic carbocycles. The van der Waals surface area contributed by atoms with Crippen LogP contribution in [-0.4, -0.2) is 18.9 Å². The Hall–Kier alpha value is -1.12. The second-order valence-electron chi connectivity index (χ2n) is 3.34. The normalized spacial score (nSPS) is 28.3. The molecule has 3 nitrogen and oxygen atoms in total. The minimum absolute atomic E-state index is 0.0564. The van der Waals surface area contributed by atoms with E-state index in [9.17, 15) is 9.59 Å². The number of hydrogen-bond acceptors (Lipinski definition) is 3. The Balaban J connectivity index is 2.50. The third-order valence-electron chi connectivity index (χ3n) is 2.55. The second-order valence-corrected chi connectivity index (χ2v) is 3.34. The lowest BCUT2D eigenvalue weighted by Crippen LogP contribution is -2.08. The molecule has 13 heavy (non-hydrogen) atoms. The van der Waals surface area contributed by atoms with Crippen LogP contribution in [0.4, 0.5) is 0 Å². The SMILES string of the molecule is COC(=O)/C=C\[C@H]1CCC(=O)[C@@H]1C. The van der Waals surface area contributed by atoms with Crippen LogP contribution in [0.15, 0.2) is 12.2 Å². The number of ketones is 1. The van der Waals surface area contributed by atoms with Crippen LogP contribution in [0.1, 0.15) is 19.8 Å². The summed E-state index contributed by atoms with van der Waals surface area (Å²) in [6, 6.07) is 0. The van der Waals surface area contributed by atoms with Gasteiger partial charge >= 0.3 is 5.97 Å². The Kier molecular flexibility index (Phi) is 3.23. The third-order valence-corrected chi connectivity index (χ3v) is 2.55. The van der Waals surface area contributed by atoms with Crippen LogP contribution in [0.2, 0.25) is 0 Å². The summed E-state index contributed by atoms with van der Waals surface area (Å²) in [6.07, 6.45) is 4.67. The lowest BCUT2D eigenvalue weighted by molar-refractivity contribution is -0.134. The van der Waals surface area contributed by atoms with Gasteiger partial charge in [0, 0.05) is 18.4 Å². The molecule has 1 saturated carbocycles. The predicted octanol–water partition coefficient (Wildman–Crippen LogP) is 1.33. The van der Waals surface area contributed by atoms with E-state index in [1.165, 1.54) is 13.2 Å². The van der Waals surface area contributed by atoms with E-state index in [1.807, 2.05) is 6.92 Å². The molecule has 3 heteroatoms. The minimum Gasteiger partial charge on any atom is -0.466 e. The highest BCUT2D eigenvalue weighted by molar-refractivity contribution is 5.84. The van der Waals surface area contributed by atoms with Gasteiger partial charge in [-0.25, -0.2) is 4.79 Å². The van der Waals surface area contributed by atoms with Gasteiger partial charge in [0.25, 0.3) is 0 Å². The number of allylic oxidation sites excluding steroid dienone is 1. The molecule has 0 amide bonds. The number of ether oxygens (including phenoxy) is 1. The van der Waals surface area contributed by atoms with Crippen molar-refractivity contribution in [3.8, 4) is 0 Å². The summed E-state index contributed by atoms with van der Waals surface area (Å²) in [4.78, 5) is 21.9. The zero-order valence-corrected chi connectivity index (χ0v) is 7.95. The predicted molar refractivity (Wildman–Crippen MR) is 48.1 cm³/mol. The van der Waals surface area contributed by atoms with Crippen LogP contribution in [0.5, 0.6) is 0 Å². The van der Waals surface area contributed by atoms with Gasteiger partial charge in [-0.05, 0) is 12.3 Å². The van der Waals surface area contributed by atoms with Gasteiger partial charge in [0.2, 0.25) is 0 Å². The summed E-state index contributed by atoms with van der Waals surface area (Å²) < 4.78 is 4.46. The van der Waals surface area contributed by atoms with Gasteiger partial charge in [-0.15, -0.1) is 0 Å². The lowest BCUT2D eigenvalue weighted by atomic mass is 9.97. The van der Waals surface area contributed by atoms with Crippen LogP contribution in [-0.2, 0) is 14.3 Å². The van der Waals surface area contributed by atoms with Crippen LogP contribution in [0.25, 0.3) is 0 Å². The largest absolute Gasteiger partial charge is 0.466 e. The Morgan fingerprint density at radius 2 is 2.31 bits per heavy atom. The quantitative estimate of drug-likeness (QED) is 0.478. The van der Waals surface area contributed by atoms with Crippen LogP contribution in [0.3, 0.4) is 0 Å². The summed E-state index contributed by atoms with van der Waals surface area (Å²) >= 11 is 0. The summed E-state index contributed by atoms with van der Waals surface area (Å²) in [7, 11) is 1.34. The molecule has 0 aromatic carbocycles. The van der Waals surface area contributed by atoms with E-state index in [-0.39, 0.29) is 17.8 Å². The molecule has 0 bridgehead atoms. The van der Waals surface area contributed by atoms with E-state index < -0.39 is 0 Å². The van der Waals surface area contributed by atoms with Gasteiger partial charge in [0.05, 0.1) is 7.11 Å². The molecule has 0 aromatic heterocycles. The maximum atomic E-state index is 11.1. The van der Waals surface area contributed by atoms with Gasteiger partial charge in [-0.1, -0.05) is 13.0 Å². The average Bonchev–Trinajstić information content (AvgIpc) is 2.44. The van der Waals surface area contributed by atoms with E-state index in [1.54, 1.807) is 6.08 Å². The maximum Gasteiger partial charge on any atom is 0.330 e. The van der Waals surface area contributed by atoms with Gasteiger partial charge in [0.1, 0.15) is 5.78 Å². The van der Waals surface area contributed by atoms with Crippen molar-refractivity contribution < 1.29 is 14.3 Å². The maximum absolute atomic E-state index is 11.1. The molecule has 0 saturated heterocycles. The van der Waals surface area contributed by atoms with E-state index in [4.69, 9.17) is 0 Å². The zero-order chi connectivity index (χ0) is 9.84. The van der Waals surface area contributed by atoms with Gasteiger partial charge in [-0.3, -0.25) is 4.79 Å². The zero-order valence-electron chi connectivity index (χ0n) is 7.95. The Bertz CT molecular complexity index is 243. The van der Waals surface area contributed by atoms with Crippen LogP contribution >= 0.6 is 0 Å². The van der Waals surface area contributed by atoms with E-state index >= 15 is 0 Å². The molecule has 1 fully saturated rings. The smallest absolute Gasteiger partial charge is 0.330 e. The van der Waals surface area contributed by atoms with Crippen molar-refractivity contribution in [3.05, 3.63) is 12.2 Å². The highest BCUT2D eigenvalue weighted by atomic mass is 16.5. The van der Waals surface area contributed by atoms with Gasteiger partial charge < -0.3 is 4.74 Å².